The van der Waals surface area contributed by atoms with Crippen molar-refractivity contribution in [1.82, 2.24) is 4.72 Å². The molecule has 0 radical (unpaired) electrons. The van der Waals surface area contributed by atoms with E-state index in [0.717, 1.165) is 17.7 Å². The Bertz CT molecular complexity index is 907. The number of aryl methyl sites for hydroxylation is 1. The number of alkyl halides is 3. The monoisotopic (exact) mass is 414 g/mol. The van der Waals surface area contributed by atoms with E-state index in [9.17, 15) is 26.4 Å². The highest BCUT2D eigenvalue weighted by molar-refractivity contribution is 7.89. The molecule has 0 bridgehead atoms. The normalized spacial score (nSPS) is 12.2. The maximum Gasteiger partial charge on any atom is 0.416 e. The molecule has 0 saturated carbocycles. The van der Waals surface area contributed by atoms with E-state index in [0.29, 0.717) is 6.42 Å². The lowest BCUT2D eigenvalue weighted by atomic mass is 10.1. The van der Waals surface area contributed by atoms with Crippen LogP contribution >= 0.6 is 0 Å². The molecule has 0 heterocycles. The summed E-state index contributed by atoms with van der Waals surface area (Å²) in [6.07, 6.45) is -3.95. The highest BCUT2D eigenvalue weighted by Gasteiger charge is 2.29. The van der Waals surface area contributed by atoms with Gasteiger partial charge in [-0.1, -0.05) is 12.1 Å². The zero-order chi connectivity index (χ0) is 20.9. The molecule has 9 heteroatoms. The molecular formula is C19H21F3N2O3S. The van der Waals surface area contributed by atoms with Crippen LogP contribution in [-0.4, -0.2) is 20.4 Å². The van der Waals surface area contributed by atoms with E-state index in [-0.39, 0.29) is 29.0 Å². The third-order valence-electron chi connectivity index (χ3n) is 3.76. The van der Waals surface area contributed by atoms with Gasteiger partial charge in [0.25, 0.3) is 0 Å². The van der Waals surface area contributed by atoms with Crippen molar-refractivity contribution in [3.8, 4) is 0 Å². The molecule has 5 nitrogen and oxygen atoms in total. The van der Waals surface area contributed by atoms with E-state index in [1.807, 2.05) is 0 Å². The van der Waals surface area contributed by atoms with Crippen molar-refractivity contribution in [2.75, 3.05) is 5.32 Å². The molecule has 0 spiro atoms. The largest absolute Gasteiger partial charge is 0.416 e. The summed E-state index contributed by atoms with van der Waals surface area (Å²) < 4.78 is 64.2. The summed E-state index contributed by atoms with van der Waals surface area (Å²) in [7, 11) is -3.57. The molecule has 0 unspecified atom stereocenters. The van der Waals surface area contributed by atoms with Crippen LogP contribution in [0, 0.1) is 0 Å². The fraction of sp³-hybridized carbons (Fsp3) is 0.316. The van der Waals surface area contributed by atoms with E-state index >= 15 is 0 Å². The van der Waals surface area contributed by atoms with Gasteiger partial charge in [-0.15, -0.1) is 0 Å². The van der Waals surface area contributed by atoms with Gasteiger partial charge in [-0.2, -0.15) is 13.2 Å². The SMILES string of the molecule is CC(C)NS(=O)(=O)c1ccc(CCC(=O)Nc2ccc(C(F)(F)F)cc2)cc1. The Morgan fingerprint density at radius 2 is 1.57 bits per heavy atom. The number of halogens is 3. The summed E-state index contributed by atoms with van der Waals surface area (Å²) in [5.41, 5.74) is 0.262. The standard InChI is InChI=1S/C19H21F3N2O3S/c1-13(2)24-28(26,27)17-10-3-14(4-11-17)5-12-18(25)23-16-8-6-15(7-9-16)19(20,21)22/h3-4,6-11,13,24H,5,12H2,1-2H3,(H,23,25). The summed E-state index contributed by atoms with van der Waals surface area (Å²) >= 11 is 0. The minimum Gasteiger partial charge on any atom is -0.326 e. The van der Waals surface area contributed by atoms with Gasteiger partial charge < -0.3 is 5.32 Å². The summed E-state index contributed by atoms with van der Waals surface area (Å²) in [5, 5.41) is 2.54. The molecule has 2 aromatic carbocycles. The number of carbonyl (C=O) groups excluding carboxylic acids is 1. The van der Waals surface area contributed by atoms with Crippen molar-refractivity contribution in [1.29, 1.82) is 0 Å². The third-order valence-corrected chi connectivity index (χ3v) is 5.44. The molecule has 0 aliphatic rings. The van der Waals surface area contributed by atoms with Crippen LogP contribution in [-0.2, 0) is 27.4 Å². The van der Waals surface area contributed by atoms with Crippen molar-refractivity contribution in [3.63, 3.8) is 0 Å². The lowest BCUT2D eigenvalue weighted by Crippen LogP contribution is -2.30. The van der Waals surface area contributed by atoms with Crippen molar-refractivity contribution in [3.05, 3.63) is 59.7 Å². The molecule has 28 heavy (non-hydrogen) atoms. The van der Waals surface area contributed by atoms with Crippen LogP contribution in [0.25, 0.3) is 0 Å². The Balaban J connectivity index is 1.91. The van der Waals surface area contributed by atoms with Gasteiger partial charge >= 0.3 is 6.18 Å². The maximum atomic E-state index is 12.5. The Kier molecular flexibility index (Phi) is 6.84. The van der Waals surface area contributed by atoms with Crippen LogP contribution in [0.2, 0.25) is 0 Å². The van der Waals surface area contributed by atoms with E-state index in [2.05, 4.69) is 10.0 Å². The summed E-state index contributed by atoms with van der Waals surface area (Å²) in [5.74, 6) is -0.349. The Hall–Kier alpha value is -2.39. The highest BCUT2D eigenvalue weighted by atomic mass is 32.2. The number of hydrogen-bond donors (Lipinski definition) is 2. The number of nitrogens with one attached hydrogen (secondary N) is 2. The highest BCUT2D eigenvalue weighted by Crippen LogP contribution is 2.29. The number of rotatable bonds is 7. The van der Waals surface area contributed by atoms with Gasteiger partial charge in [-0.25, -0.2) is 13.1 Å². The summed E-state index contributed by atoms with van der Waals surface area (Å²) in [4.78, 5) is 12.1. The second kappa shape index (κ2) is 8.74. The zero-order valence-corrected chi connectivity index (χ0v) is 16.2. The molecule has 2 aromatic rings. The van der Waals surface area contributed by atoms with Gasteiger partial charge in [-0.3, -0.25) is 4.79 Å². The summed E-state index contributed by atoms with van der Waals surface area (Å²) in [6, 6.07) is 10.2. The molecule has 2 rings (SSSR count). The molecule has 0 atom stereocenters. The molecule has 0 aliphatic carbocycles. The Morgan fingerprint density at radius 1 is 1.00 bits per heavy atom. The third kappa shape index (κ3) is 6.35. The number of hydrogen-bond acceptors (Lipinski definition) is 3. The quantitative estimate of drug-likeness (QED) is 0.720. The molecule has 0 saturated heterocycles. The van der Waals surface area contributed by atoms with Crippen molar-refractivity contribution in [2.24, 2.45) is 0 Å². The van der Waals surface area contributed by atoms with Crippen LogP contribution in [0.4, 0.5) is 18.9 Å². The van der Waals surface area contributed by atoms with Crippen LogP contribution in [0.15, 0.2) is 53.4 Å². The number of carbonyl (C=O) groups is 1. The number of benzene rings is 2. The first-order valence-electron chi connectivity index (χ1n) is 8.56. The second-order valence-corrected chi connectivity index (χ2v) is 8.26. The number of sulfonamides is 1. The predicted molar refractivity (Wildman–Crippen MR) is 100 cm³/mol. The van der Waals surface area contributed by atoms with Crippen LogP contribution < -0.4 is 10.0 Å². The first-order valence-corrected chi connectivity index (χ1v) is 10.0. The van der Waals surface area contributed by atoms with Gasteiger partial charge in [0, 0.05) is 18.2 Å². The smallest absolute Gasteiger partial charge is 0.326 e. The molecule has 2 N–H and O–H groups in total. The molecule has 152 valence electrons. The molecule has 0 fully saturated rings. The number of amides is 1. The average molecular weight is 414 g/mol. The zero-order valence-electron chi connectivity index (χ0n) is 15.4. The predicted octanol–water partition coefficient (Wildman–Crippen LogP) is 3.96. The van der Waals surface area contributed by atoms with E-state index in [1.54, 1.807) is 26.0 Å². The van der Waals surface area contributed by atoms with Gasteiger partial charge in [0.15, 0.2) is 0 Å². The topological polar surface area (TPSA) is 75.3 Å². The van der Waals surface area contributed by atoms with Crippen molar-refractivity contribution < 1.29 is 26.4 Å². The lowest BCUT2D eigenvalue weighted by Gasteiger charge is -2.10. The van der Waals surface area contributed by atoms with Crippen LogP contribution in [0.5, 0.6) is 0 Å². The molecule has 0 aliphatic heterocycles. The van der Waals surface area contributed by atoms with Crippen LogP contribution in [0.3, 0.4) is 0 Å². The van der Waals surface area contributed by atoms with Crippen LogP contribution in [0.1, 0.15) is 31.4 Å². The number of anilines is 1. The van der Waals surface area contributed by atoms with Gasteiger partial charge in [0.1, 0.15) is 0 Å². The van der Waals surface area contributed by atoms with E-state index < -0.39 is 21.8 Å². The first-order chi connectivity index (χ1) is 13.0. The minimum absolute atomic E-state index is 0.108. The van der Waals surface area contributed by atoms with Gasteiger partial charge in [-0.05, 0) is 62.2 Å². The van der Waals surface area contributed by atoms with E-state index in [1.165, 1.54) is 24.3 Å². The first kappa shape index (κ1) is 21.9. The fourth-order valence-electron chi connectivity index (χ4n) is 2.44. The molecule has 1 amide bonds. The Morgan fingerprint density at radius 3 is 2.07 bits per heavy atom. The van der Waals surface area contributed by atoms with Crippen molar-refractivity contribution >= 4 is 21.6 Å². The second-order valence-electron chi connectivity index (χ2n) is 6.54. The minimum atomic E-state index is -4.42. The van der Waals surface area contributed by atoms with Gasteiger partial charge in [0.2, 0.25) is 15.9 Å². The molecular weight excluding hydrogens is 393 g/mol. The Labute approximate surface area is 162 Å². The van der Waals surface area contributed by atoms with Gasteiger partial charge in [0.05, 0.1) is 10.5 Å². The molecule has 0 aromatic heterocycles. The lowest BCUT2D eigenvalue weighted by molar-refractivity contribution is -0.137. The van der Waals surface area contributed by atoms with E-state index in [4.69, 9.17) is 0 Å². The fourth-order valence-corrected chi connectivity index (χ4v) is 3.69. The summed E-state index contributed by atoms with van der Waals surface area (Å²) in [6.45, 7) is 3.45. The maximum absolute atomic E-state index is 12.5. The average Bonchev–Trinajstić information content (AvgIpc) is 2.59. The van der Waals surface area contributed by atoms with Crippen molar-refractivity contribution in [2.45, 2.75) is 43.8 Å².